The molecule has 2 aromatic rings. The maximum atomic E-state index is 15.0. The van der Waals surface area contributed by atoms with E-state index in [0.29, 0.717) is 36.9 Å². The van der Waals surface area contributed by atoms with Crippen LogP contribution in [0.5, 0.6) is 0 Å². The predicted octanol–water partition coefficient (Wildman–Crippen LogP) is 9.18. The highest BCUT2D eigenvalue weighted by Gasteiger charge is 2.37. The molecular formula is C24H20Cl2F9NOS. The highest BCUT2D eigenvalue weighted by atomic mass is 35.5. The third kappa shape index (κ3) is 9.30. The third-order valence-electron chi connectivity index (χ3n) is 5.02. The molecule has 2 unspecified atom stereocenters. The van der Waals surface area contributed by atoms with E-state index in [1.807, 2.05) is 0 Å². The monoisotopic (exact) mass is 611 g/mol. The van der Waals surface area contributed by atoms with Crippen LogP contribution in [0.15, 0.2) is 42.5 Å². The Morgan fingerprint density at radius 2 is 1.63 bits per heavy atom. The Bertz CT molecular complexity index is 1180. The molecule has 2 atom stereocenters. The van der Waals surface area contributed by atoms with Gasteiger partial charge in [0.1, 0.15) is 5.83 Å². The van der Waals surface area contributed by atoms with E-state index in [1.165, 1.54) is 19.1 Å². The van der Waals surface area contributed by atoms with Crippen LogP contribution in [0, 0.1) is 0 Å². The van der Waals surface area contributed by atoms with E-state index < -0.39 is 64.4 Å². The number of hydrogen-bond acceptors (Lipinski definition) is 2. The van der Waals surface area contributed by atoms with Gasteiger partial charge in [-0.1, -0.05) is 35.3 Å². The zero-order valence-corrected chi connectivity index (χ0v) is 21.9. The van der Waals surface area contributed by atoms with Crippen LogP contribution in [-0.2, 0) is 6.18 Å². The lowest BCUT2D eigenvalue weighted by atomic mass is 9.91. The molecule has 210 valence electrons. The van der Waals surface area contributed by atoms with Crippen LogP contribution in [0.3, 0.4) is 0 Å². The lowest BCUT2D eigenvalue weighted by molar-refractivity contribution is -0.138. The number of thioether (sulfide) groups is 1. The Morgan fingerprint density at radius 3 is 2.16 bits per heavy atom. The normalized spacial score (nSPS) is 14.8. The van der Waals surface area contributed by atoms with Gasteiger partial charge in [-0.2, -0.15) is 38.1 Å². The first-order chi connectivity index (χ1) is 17.3. The molecule has 0 fully saturated rings. The highest BCUT2D eigenvalue weighted by molar-refractivity contribution is 7.99. The number of benzene rings is 2. The summed E-state index contributed by atoms with van der Waals surface area (Å²) in [5.74, 6) is -9.59. The Balaban J connectivity index is 2.38. The minimum atomic E-state index is -5.14. The molecule has 1 amide bonds. The van der Waals surface area contributed by atoms with E-state index >= 15 is 4.39 Å². The summed E-state index contributed by atoms with van der Waals surface area (Å²) in [5, 5.41) is 2.13. The summed E-state index contributed by atoms with van der Waals surface area (Å²) in [6.45, 7) is 1.80. The second-order valence-corrected chi connectivity index (χ2v) is 10.2. The summed E-state index contributed by atoms with van der Waals surface area (Å²) in [7, 11) is 0. The van der Waals surface area contributed by atoms with Gasteiger partial charge in [-0.15, -0.1) is 0 Å². The fraction of sp³-hybridized carbons (Fsp3) is 0.375. The molecular weight excluding hydrogens is 592 g/mol. The van der Waals surface area contributed by atoms with Crippen LogP contribution in [0.2, 0.25) is 10.0 Å². The highest BCUT2D eigenvalue weighted by Crippen LogP contribution is 2.40. The van der Waals surface area contributed by atoms with Crippen molar-refractivity contribution in [2.45, 2.75) is 44.1 Å². The van der Waals surface area contributed by atoms with Crippen molar-refractivity contribution >= 4 is 46.7 Å². The summed E-state index contributed by atoms with van der Waals surface area (Å²) in [4.78, 5) is 12.4. The van der Waals surface area contributed by atoms with Gasteiger partial charge in [0, 0.05) is 24.3 Å². The van der Waals surface area contributed by atoms with Gasteiger partial charge in [0.05, 0.1) is 32.8 Å². The molecule has 14 heteroatoms. The number of hydrogen-bond donors (Lipinski definition) is 1. The van der Waals surface area contributed by atoms with E-state index in [1.54, 1.807) is 0 Å². The number of allylic oxidation sites excluding steroid dienone is 1. The van der Waals surface area contributed by atoms with Crippen molar-refractivity contribution in [1.82, 2.24) is 5.32 Å². The average molecular weight is 612 g/mol. The van der Waals surface area contributed by atoms with Crippen LogP contribution in [0.4, 0.5) is 39.5 Å². The number of rotatable bonds is 9. The minimum Gasteiger partial charge on any atom is -0.349 e. The number of halogens is 11. The number of carbonyl (C=O) groups is 1. The fourth-order valence-electron chi connectivity index (χ4n) is 3.30. The van der Waals surface area contributed by atoms with Gasteiger partial charge in [-0.25, -0.2) is 13.2 Å². The SMILES string of the molecule is CC(CSCC(F)(F)F)NC(=O)c1ccc(/C(F)=C/C(c2ccc(Cl)c(Cl)c2)C(C)(F)F)cc1C(F)(F)F. The molecule has 2 rings (SSSR count). The van der Waals surface area contributed by atoms with E-state index in [4.69, 9.17) is 23.2 Å². The van der Waals surface area contributed by atoms with Crippen molar-refractivity contribution in [3.05, 3.63) is 74.8 Å². The topological polar surface area (TPSA) is 29.1 Å². The first-order valence-corrected chi connectivity index (χ1v) is 12.6. The van der Waals surface area contributed by atoms with Crippen LogP contribution >= 0.6 is 35.0 Å². The van der Waals surface area contributed by atoms with Gasteiger partial charge >= 0.3 is 12.4 Å². The number of carbonyl (C=O) groups excluding carboxylic acids is 1. The van der Waals surface area contributed by atoms with Gasteiger partial charge in [0.25, 0.3) is 11.8 Å². The predicted molar refractivity (Wildman–Crippen MR) is 131 cm³/mol. The molecule has 0 aliphatic carbocycles. The van der Waals surface area contributed by atoms with Gasteiger partial charge in [0.2, 0.25) is 0 Å². The van der Waals surface area contributed by atoms with Crippen molar-refractivity contribution in [2.24, 2.45) is 0 Å². The third-order valence-corrected chi connectivity index (χ3v) is 7.02. The maximum Gasteiger partial charge on any atom is 0.417 e. The van der Waals surface area contributed by atoms with Gasteiger partial charge in [0.15, 0.2) is 0 Å². The van der Waals surface area contributed by atoms with Crippen molar-refractivity contribution < 1.29 is 44.3 Å². The lowest BCUT2D eigenvalue weighted by Gasteiger charge is -2.22. The first kappa shape index (κ1) is 32.2. The smallest absolute Gasteiger partial charge is 0.349 e. The molecule has 38 heavy (non-hydrogen) atoms. The summed E-state index contributed by atoms with van der Waals surface area (Å²) in [5.41, 5.74) is -3.34. The molecule has 0 heterocycles. The van der Waals surface area contributed by atoms with Gasteiger partial charge in [-0.3, -0.25) is 4.79 Å². The van der Waals surface area contributed by atoms with E-state index in [2.05, 4.69) is 5.32 Å². The van der Waals surface area contributed by atoms with Crippen LogP contribution in [-0.4, -0.2) is 35.6 Å². The molecule has 0 radical (unpaired) electrons. The Morgan fingerprint density at radius 1 is 1.00 bits per heavy atom. The molecule has 0 saturated carbocycles. The second kappa shape index (κ2) is 12.4. The minimum absolute atomic E-state index is 0.0509. The summed E-state index contributed by atoms with van der Waals surface area (Å²) in [6.07, 6.45) is -9.16. The molecule has 0 spiro atoms. The van der Waals surface area contributed by atoms with Crippen molar-refractivity contribution in [2.75, 3.05) is 11.5 Å². The first-order valence-electron chi connectivity index (χ1n) is 10.7. The van der Waals surface area contributed by atoms with E-state index in [9.17, 15) is 39.9 Å². The molecule has 2 aromatic carbocycles. The van der Waals surface area contributed by atoms with Gasteiger partial charge < -0.3 is 5.32 Å². The number of alkyl halides is 8. The van der Waals surface area contributed by atoms with Crippen molar-refractivity contribution in [1.29, 1.82) is 0 Å². The number of nitrogens with one attached hydrogen (secondary N) is 1. The summed E-state index contributed by atoms with van der Waals surface area (Å²) >= 11 is 12.1. The maximum absolute atomic E-state index is 15.0. The Labute approximate surface area is 226 Å². The molecule has 0 aromatic heterocycles. The Kier molecular flexibility index (Phi) is 10.5. The molecule has 0 aliphatic rings. The Hall–Kier alpha value is -2.05. The zero-order valence-electron chi connectivity index (χ0n) is 19.6. The summed E-state index contributed by atoms with van der Waals surface area (Å²) in [6, 6.07) is 4.30. The van der Waals surface area contributed by atoms with Crippen LogP contribution < -0.4 is 5.32 Å². The fourth-order valence-corrected chi connectivity index (χ4v) is 4.40. The van der Waals surface area contributed by atoms with E-state index in [0.717, 1.165) is 12.1 Å². The van der Waals surface area contributed by atoms with Crippen LogP contribution in [0.1, 0.15) is 46.8 Å². The quantitative estimate of drug-likeness (QED) is 0.286. The van der Waals surface area contributed by atoms with Crippen molar-refractivity contribution in [3.8, 4) is 0 Å². The largest absolute Gasteiger partial charge is 0.417 e. The average Bonchev–Trinajstić information content (AvgIpc) is 2.76. The molecule has 0 aliphatic heterocycles. The summed E-state index contributed by atoms with van der Waals surface area (Å²) < 4.78 is 122. The number of amides is 1. The molecule has 0 bridgehead atoms. The van der Waals surface area contributed by atoms with Crippen molar-refractivity contribution in [3.63, 3.8) is 0 Å². The zero-order chi connectivity index (χ0) is 29.1. The standard InChI is InChI=1S/C24H20Cl2F9NOS/c1-12(10-38-11-23(30,31)32)36-21(37)15-5-3-14(7-17(15)24(33,34)35)20(27)9-16(22(2,28)29)13-4-6-18(25)19(26)8-13/h3-9,12,16H,10-11H2,1-2H3,(H,36,37)/b20-9-. The van der Waals surface area contributed by atoms with Crippen LogP contribution in [0.25, 0.3) is 5.83 Å². The van der Waals surface area contributed by atoms with E-state index in [-0.39, 0.29) is 21.4 Å². The second-order valence-electron chi connectivity index (χ2n) is 8.39. The van der Waals surface area contributed by atoms with Gasteiger partial charge in [-0.05, 0) is 42.8 Å². The molecule has 0 saturated heterocycles. The lowest BCUT2D eigenvalue weighted by Crippen LogP contribution is -2.35. The molecule has 2 nitrogen and oxygen atoms in total. The molecule has 1 N–H and O–H groups in total.